The standard InChI is InChI=1S/C2H6Cl3NP/c1-6(2)7(3,4)5/h1-2H3/q+1. The highest BCUT2D eigenvalue weighted by atomic mass is 36.1. The zero-order chi connectivity index (χ0) is 6.08. The number of rotatable bonds is 1. The van der Waals surface area contributed by atoms with Gasteiger partial charge in [0.2, 0.25) is 0 Å². The summed E-state index contributed by atoms with van der Waals surface area (Å²) in [5, 5.41) is 0. The van der Waals surface area contributed by atoms with Gasteiger partial charge in [0.25, 0.3) is 0 Å². The van der Waals surface area contributed by atoms with E-state index in [1.54, 1.807) is 18.8 Å². The van der Waals surface area contributed by atoms with E-state index in [1.165, 1.54) is 0 Å². The van der Waals surface area contributed by atoms with Crippen molar-refractivity contribution in [3.63, 3.8) is 0 Å². The van der Waals surface area contributed by atoms with E-state index in [4.69, 9.17) is 33.7 Å². The van der Waals surface area contributed by atoms with E-state index in [0.29, 0.717) is 0 Å². The van der Waals surface area contributed by atoms with Crippen LogP contribution in [0.3, 0.4) is 0 Å². The molecule has 0 aliphatic carbocycles. The molecular weight excluding hydrogens is 175 g/mol. The van der Waals surface area contributed by atoms with Crippen molar-refractivity contribution in [1.29, 1.82) is 0 Å². The average Bonchev–Trinajstić information content (AvgIpc) is 1.31. The number of nitrogens with zero attached hydrogens (tertiary/aromatic N) is 1. The maximum absolute atomic E-state index is 5.44. The zero-order valence-corrected chi connectivity index (χ0v) is 7.19. The molecule has 0 N–H and O–H groups in total. The summed E-state index contributed by atoms with van der Waals surface area (Å²) < 4.78 is 1.59. The first-order valence-corrected chi connectivity index (χ1v) is 6.06. The van der Waals surface area contributed by atoms with Crippen molar-refractivity contribution in [2.24, 2.45) is 0 Å². The quantitative estimate of drug-likeness (QED) is 0.562. The minimum Gasteiger partial charge on any atom is -0.141 e. The van der Waals surface area contributed by atoms with Crippen molar-refractivity contribution >= 4 is 39.2 Å². The van der Waals surface area contributed by atoms with Gasteiger partial charge in [0, 0.05) is 14.1 Å². The van der Waals surface area contributed by atoms with Gasteiger partial charge in [0.15, 0.2) is 33.7 Å². The summed E-state index contributed by atoms with van der Waals surface area (Å²) in [5.41, 5.74) is -2.24. The Bertz CT molecular complexity index is 58.4. The Morgan fingerprint density at radius 1 is 1.14 bits per heavy atom. The molecule has 7 heavy (non-hydrogen) atoms. The minimum absolute atomic E-state index is 1.59. The van der Waals surface area contributed by atoms with E-state index in [-0.39, 0.29) is 0 Å². The Hall–Kier alpha value is 1.26. The maximum Gasteiger partial charge on any atom is 0.378 e. The second-order valence-corrected chi connectivity index (χ2v) is 8.86. The van der Waals surface area contributed by atoms with Crippen molar-refractivity contribution in [2.45, 2.75) is 0 Å². The normalized spacial score (nSPS) is 12.9. The van der Waals surface area contributed by atoms with Crippen molar-refractivity contribution < 1.29 is 0 Å². The first-order chi connectivity index (χ1) is 2.94. The van der Waals surface area contributed by atoms with Gasteiger partial charge in [-0.15, -0.1) is 4.67 Å². The van der Waals surface area contributed by atoms with Gasteiger partial charge in [-0.2, -0.15) is 0 Å². The smallest absolute Gasteiger partial charge is 0.141 e. The molecule has 0 bridgehead atoms. The molecule has 5 heteroatoms. The molecule has 0 atom stereocenters. The molecule has 0 amide bonds. The van der Waals surface area contributed by atoms with Crippen LogP contribution in [0.15, 0.2) is 0 Å². The van der Waals surface area contributed by atoms with Gasteiger partial charge < -0.3 is 0 Å². The average molecular weight is 181 g/mol. The summed E-state index contributed by atoms with van der Waals surface area (Å²) in [5.74, 6) is 0. The van der Waals surface area contributed by atoms with Crippen molar-refractivity contribution in [3.05, 3.63) is 0 Å². The van der Waals surface area contributed by atoms with Gasteiger partial charge in [0.05, 0.1) is 0 Å². The fourth-order valence-corrected chi connectivity index (χ4v) is 0. The molecule has 1 nitrogen and oxygen atoms in total. The number of hydrogen-bond acceptors (Lipinski definition) is 1. The van der Waals surface area contributed by atoms with Crippen LogP contribution in [0.5, 0.6) is 0 Å². The Balaban J connectivity index is 3.54. The molecular formula is C2H6Cl3NP+. The predicted octanol–water partition coefficient (Wildman–Crippen LogP) is 2.94. The zero-order valence-electron chi connectivity index (χ0n) is 4.03. The third kappa shape index (κ3) is 3.81. The largest absolute Gasteiger partial charge is 0.378 e. The van der Waals surface area contributed by atoms with Crippen LogP contribution in [0.1, 0.15) is 0 Å². The summed E-state index contributed by atoms with van der Waals surface area (Å²) in [6.07, 6.45) is 0. The van der Waals surface area contributed by atoms with Crippen molar-refractivity contribution in [1.82, 2.24) is 4.67 Å². The first-order valence-electron chi connectivity index (χ1n) is 1.60. The fourth-order valence-electron chi connectivity index (χ4n) is 0. The minimum atomic E-state index is -2.24. The highest BCUT2D eigenvalue weighted by molar-refractivity contribution is 8.31. The van der Waals surface area contributed by atoms with Crippen LogP contribution in [0.25, 0.3) is 0 Å². The van der Waals surface area contributed by atoms with Crippen LogP contribution >= 0.6 is 39.2 Å². The second kappa shape index (κ2) is 2.70. The van der Waals surface area contributed by atoms with Crippen LogP contribution in [0.4, 0.5) is 0 Å². The van der Waals surface area contributed by atoms with Gasteiger partial charge in [-0.05, 0) is 0 Å². The van der Waals surface area contributed by atoms with Crippen molar-refractivity contribution in [3.8, 4) is 0 Å². The van der Waals surface area contributed by atoms with Crippen LogP contribution in [-0.4, -0.2) is 18.8 Å². The van der Waals surface area contributed by atoms with Gasteiger partial charge in [-0.25, -0.2) is 0 Å². The van der Waals surface area contributed by atoms with E-state index >= 15 is 0 Å². The lowest BCUT2D eigenvalue weighted by Gasteiger charge is -2.05. The summed E-state index contributed by atoms with van der Waals surface area (Å²) in [4.78, 5) is 0. The third-order valence-corrected chi connectivity index (χ3v) is 4.08. The lowest BCUT2D eigenvalue weighted by atomic mass is 11.3. The van der Waals surface area contributed by atoms with Crippen LogP contribution < -0.4 is 0 Å². The Kier molecular flexibility index (Phi) is 3.19. The molecule has 0 spiro atoms. The van der Waals surface area contributed by atoms with Gasteiger partial charge >= 0.3 is 5.47 Å². The molecule has 0 radical (unpaired) electrons. The lowest BCUT2D eigenvalue weighted by Crippen LogP contribution is -2.00. The van der Waals surface area contributed by atoms with Gasteiger partial charge in [-0.1, -0.05) is 0 Å². The summed E-state index contributed by atoms with van der Waals surface area (Å²) in [6.45, 7) is 0. The Morgan fingerprint density at radius 2 is 1.29 bits per heavy atom. The van der Waals surface area contributed by atoms with E-state index < -0.39 is 5.47 Å². The predicted molar refractivity (Wildman–Crippen MR) is 38.2 cm³/mol. The fraction of sp³-hybridized carbons (Fsp3) is 1.00. The van der Waals surface area contributed by atoms with Crippen LogP contribution in [-0.2, 0) is 0 Å². The van der Waals surface area contributed by atoms with E-state index in [0.717, 1.165) is 0 Å². The van der Waals surface area contributed by atoms with E-state index in [9.17, 15) is 0 Å². The molecule has 0 heterocycles. The summed E-state index contributed by atoms with van der Waals surface area (Å²) in [6, 6.07) is 0. The topological polar surface area (TPSA) is 3.24 Å². The molecule has 0 saturated heterocycles. The monoisotopic (exact) mass is 180 g/mol. The molecule has 0 fully saturated rings. The Morgan fingerprint density at radius 3 is 1.29 bits per heavy atom. The third-order valence-electron chi connectivity index (χ3n) is 0.454. The summed E-state index contributed by atoms with van der Waals surface area (Å²) >= 11 is 16.3. The maximum atomic E-state index is 5.44. The molecule has 0 aromatic carbocycles. The second-order valence-electron chi connectivity index (χ2n) is 1.27. The SMILES string of the molecule is CN(C)[P+](Cl)(Cl)Cl. The van der Waals surface area contributed by atoms with Gasteiger partial charge in [0.1, 0.15) is 0 Å². The van der Waals surface area contributed by atoms with Crippen LogP contribution in [0.2, 0.25) is 0 Å². The molecule has 0 aromatic heterocycles. The van der Waals surface area contributed by atoms with E-state index in [1.807, 2.05) is 0 Å². The van der Waals surface area contributed by atoms with Crippen molar-refractivity contribution in [2.75, 3.05) is 14.1 Å². The highest BCUT2D eigenvalue weighted by Crippen LogP contribution is 2.74. The van der Waals surface area contributed by atoms with Crippen LogP contribution in [0, 0.1) is 0 Å². The first kappa shape index (κ1) is 8.26. The molecule has 0 aliphatic heterocycles. The number of hydrogen-bond donors (Lipinski definition) is 0. The molecule has 44 valence electrons. The highest BCUT2D eigenvalue weighted by Gasteiger charge is 2.36. The molecule has 0 saturated carbocycles. The molecule has 0 rings (SSSR count). The lowest BCUT2D eigenvalue weighted by molar-refractivity contribution is 0.692. The molecule has 0 aromatic rings. The Labute approximate surface area is 58.3 Å². The van der Waals surface area contributed by atoms with Gasteiger partial charge in [-0.3, -0.25) is 0 Å². The summed E-state index contributed by atoms with van der Waals surface area (Å²) in [7, 11) is 3.47. The molecule has 0 aliphatic rings. The number of halogens is 3. The molecule has 0 unspecified atom stereocenters. The van der Waals surface area contributed by atoms with E-state index in [2.05, 4.69) is 0 Å².